The van der Waals surface area contributed by atoms with Crippen LogP contribution >= 0.6 is 0 Å². The van der Waals surface area contributed by atoms with Gasteiger partial charge in [0.15, 0.2) is 17.3 Å². The highest BCUT2D eigenvalue weighted by atomic mass is 16.5. The van der Waals surface area contributed by atoms with Gasteiger partial charge in [0, 0.05) is 28.3 Å². The number of methoxy groups -OCH3 is 2. The molecule has 3 unspecified atom stereocenters. The Bertz CT molecular complexity index is 1480. The second kappa shape index (κ2) is 8.17. The van der Waals surface area contributed by atoms with Crippen LogP contribution in [0.15, 0.2) is 66.7 Å². The quantitative estimate of drug-likeness (QED) is 0.475. The summed E-state index contributed by atoms with van der Waals surface area (Å²) in [4.78, 5) is 44.6. The highest BCUT2D eigenvalue weighted by Gasteiger charge is 2.71. The number of carbonyl (C=O) groups excluding carboxylic acids is 3. The van der Waals surface area contributed by atoms with E-state index in [0.717, 1.165) is 16.8 Å². The fourth-order valence-corrected chi connectivity index (χ4v) is 6.67. The second-order valence-corrected chi connectivity index (χ2v) is 9.99. The van der Waals surface area contributed by atoms with Crippen molar-refractivity contribution in [3.63, 3.8) is 0 Å². The minimum absolute atomic E-state index is 0.130. The van der Waals surface area contributed by atoms with Crippen molar-refractivity contribution >= 4 is 29.1 Å². The van der Waals surface area contributed by atoms with E-state index in [2.05, 4.69) is 6.07 Å². The third kappa shape index (κ3) is 2.95. The Labute approximate surface area is 215 Å². The Kier molecular flexibility index (Phi) is 5.13. The van der Waals surface area contributed by atoms with E-state index in [-0.39, 0.29) is 17.3 Å². The van der Waals surface area contributed by atoms with Crippen LogP contribution in [0.3, 0.4) is 0 Å². The summed E-state index contributed by atoms with van der Waals surface area (Å²) in [5.74, 6) is -0.399. The van der Waals surface area contributed by atoms with Gasteiger partial charge in [-0.05, 0) is 49.7 Å². The lowest BCUT2D eigenvalue weighted by atomic mass is 9.64. The van der Waals surface area contributed by atoms with Gasteiger partial charge in [-0.2, -0.15) is 0 Å². The zero-order valence-corrected chi connectivity index (χ0v) is 21.1. The van der Waals surface area contributed by atoms with Crippen LogP contribution in [0.25, 0.3) is 6.08 Å². The number of carbonyl (C=O) groups is 3. The summed E-state index contributed by atoms with van der Waals surface area (Å²) in [6, 6.07) is 16.9. The minimum Gasteiger partial charge on any atom is -0.497 e. The number of benzene rings is 3. The Morgan fingerprint density at radius 2 is 1.62 bits per heavy atom. The molecule has 3 aromatic rings. The van der Waals surface area contributed by atoms with Crippen LogP contribution in [-0.4, -0.2) is 43.7 Å². The van der Waals surface area contributed by atoms with Crippen molar-refractivity contribution in [1.29, 1.82) is 0 Å². The number of ketones is 3. The van der Waals surface area contributed by atoms with Gasteiger partial charge in [0.25, 0.3) is 0 Å². The molecule has 2 aliphatic heterocycles. The number of hydrogen-bond acceptors (Lipinski definition) is 6. The molecule has 3 aliphatic rings. The van der Waals surface area contributed by atoms with Crippen LogP contribution in [0.5, 0.6) is 11.5 Å². The van der Waals surface area contributed by atoms with Gasteiger partial charge >= 0.3 is 0 Å². The number of ether oxygens (including phenoxy) is 2. The van der Waals surface area contributed by atoms with Crippen molar-refractivity contribution in [2.45, 2.75) is 31.8 Å². The van der Waals surface area contributed by atoms with E-state index in [1.54, 1.807) is 56.7 Å². The van der Waals surface area contributed by atoms with Crippen molar-refractivity contribution in [2.24, 2.45) is 5.41 Å². The Morgan fingerprint density at radius 3 is 2.24 bits per heavy atom. The predicted octanol–water partition coefficient (Wildman–Crippen LogP) is 5.03. The fourth-order valence-electron chi connectivity index (χ4n) is 6.67. The third-order valence-electron chi connectivity index (χ3n) is 8.15. The topological polar surface area (TPSA) is 72.9 Å². The number of fused-ring (bicyclic) bond motifs is 5. The smallest absolute Gasteiger partial charge is 0.180 e. The average Bonchev–Trinajstić information content (AvgIpc) is 3.34. The Hall–Kier alpha value is -4.19. The molecule has 6 rings (SSSR count). The largest absolute Gasteiger partial charge is 0.497 e. The van der Waals surface area contributed by atoms with E-state index < -0.39 is 23.4 Å². The molecule has 0 N–H and O–H groups in total. The molecule has 3 atom stereocenters. The van der Waals surface area contributed by atoms with Gasteiger partial charge in [0.2, 0.25) is 0 Å². The number of hydrogen-bond donors (Lipinski definition) is 0. The van der Waals surface area contributed by atoms with Crippen molar-refractivity contribution in [3.05, 3.63) is 94.6 Å². The molecule has 1 spiro atoms. The number of aryl methyl sites for hydroxylation is 1. The lowest BCUT2D eigenvalue weighted by molar-refractivity contribution is -0.118. The van der Waals surface area contributed by atoms with Crippen LogP contribution in [0.1, 0.15) is 50.2 Å². The molecule has 3 aromatic carbocycles. The summed E-state index contributed by atoms with van der Waals surface area (Å²) < 4.78 is 11.3. The normalized spacial score (nSPS) is 22.6. The third-order valence-corrected chi connectivity index (χ3v) is 8.15. The summed E-state index contributed by atoms with van der Waals surface area (Å²) in [7, 11) is 3.11. The van der Waals surface area contributed by atoms with Crippen molar-refractivity contribution in [3.8, 4) is 11.5 Å². The fraction of sp³-hybridized carbons (Fsp3) is 0.258. The first-order chi connectivity index (χ1) is 17.8. The van der Waals surface area contributed by atoms with Crippen LogP contribution in [0.2, 0.25) is 0 Å². The monoisotopic (exact) mass is 493 g/mol. The number of nitrogens with zero attached hydrogens (tertiary/aromatic N) is 1. The van der Waals surface area contributed by atoms with E-state index in [9.17, 15) is 14.4 Å². The molecule has 37 heavy (non-hydrogen) atoms. The maximum atomic E-state index is 14.5. The standard InChI is InChI=1S/C31H27NO5/c1-17-9-12-24-19(15-17)10-14-26-31(29(34)21-7-5-6-8-22(21)30(31)35)27(28(18(2)33)32(24)26)23-16-20(36-3)11-13-25(23)37-4/h5-16,26-28H,1-4H3. The van der Waals surface area contributed by atoms with Gasteiger partial charge in [0.1, 0.15) is 16.9 Å². The molecule has 0 radical (unpaired) electrons. The zero-order valence-electron chi connectivity index (χ0n) is 21.1. The van der Waals surface area contributed by atoms with Gasteiger partial charge < -0.3 is 14.4 Å². The lowest BCUT2D eigenvalue weighted by Crippen LogP contribution is -2.48. The van der Waals surface area contributed by atoms with Crippen LogP contribution < -0.4 is 14.4 Å². The molecule has 1 saturated heterocycles. The van der Waals surface area contributed by atoms with E-state index >= 15 is 0 Å². The molecular formula is C31H27NO5. The molecule has 6 nitrogen and oxygen atoms in total. The molecule has 0 saturated carbocycles. The van der Waals surface area contributed by atoms with E-state index in [0.29, 0.717) is 28.2 Å². The highest BCUT2D eigenvalue weighted by Crippen LogP contribution is 2.61. The van der Waals surface area contributed by atoms with Crippen molar-refractivity contribution in [1.82, 2.24) is 0 Å². The summed E-state index contributed by atoms with van der Waals surface area (Å²) in [5.41, 5.74) is 2.72. The van der Waals surface area contributed by atoms with Crippen molar-refractivity contribution < 1.29 is 23.9 Å². The maximum Gasteiger partial charge on any atom is 0.180 e. The van der Waals surface area contributed by atoms with Gasteiger partial charge in [-0.3, -0.25) is 14.4 Å². The molecule has 6 heteroatoms. The van der Waals surface area contributed by atoms with E-state index in [1.807, 2.05) is 36.1 Å². The molecule has 0 amide bonds. The first-order valence-electron chi connectivity index (χ1n) is 12.3. The van der Waals surface area contributed by atoms with E-state index in [1.165, 1.54) is 6.92 Å². The summed E-state index contributed by atoms with van der Waals surface area (Å²) in [5, 5.41) is 0. The summed E-state index contributed by atoms with van der Waals surface area (Å²) in [6.07, 6.45) is 3.89. The Morgan fingerprint density at radius 1 is 0.919 bits per heavy atom. The summed E-state index contributed by atoms with van der Waals surface area (Å²) in [6.45, 7) is 3.54. The minimum atomic E-state index is -1.54. The molecule has 0 aromatic heterocycles. The molecule has 1 fully saturated rings. The maximum absolute atomic E-state index is 14.5. The number of Topliss-reactive ketones (excluding diaryl/α,β-unsaturated/α-hetero) is 3. The first kappa shape index (κ1) is 23.2. The molecule has 186 valence electrons. The molecular weight excluding hydrogens is 466 g/mol. The van der Waals surface area contributed by atoms with Gasteiger partial charge in [-0.1, -0.05) is 48.0 Å². The number of anilines is 1. The molecule has 1 aliphatic carbocycles. The Balaban J connectivity index is 1.71. The SMILES string of the molecule is COc1ccc(OC)c(C2C(C(C)=O)N3c4ccc(C)cc4C=CC3C23C(=O)c2ccccc2C3=O)c1. The highest BCUT2D eigenvalue weighted by molar-refractivity contribution is 6.32. The average molecular weight is 494 g/mol. The zero-order chi connectivity index (χ0) is 26.1. The van der Waals surface area contributed by atoms with Crippen LogP contribution in [0.4, 0.5) is 5.69 Å². The van der Waals surface area contributed by atoms with Gasteiger partial charge in [-0.15, -0.1) is 0 Å². The predicted molar refractivity (Wildman–Crippen MR) is 141 cm³/mol. The second-order valence-electron chi connectivity index (χ2n) is 9.99. The van der Waals surface area contributed by atoms with Gasteiger partial charge in [0.05, 0.1) is 26.3 Å². The summed E-state index contributed by atoms with van der Waals surface area (Å²) >= 11 is 0. The van der Waals surface area contributed by atoms with Crippen LogP contribution in [0, 0.1) is 12.3 Å². The lowest BCUT2D eigenvalue weighted by Gasteiger charge is -2.37. The number of rotatable bonds is 4. The van der Waals surface area contributed by atoms with E-state index in [4.69, 9.17) is 9.47 Å². The first-order valence-corrected chi connectivity index (χ1v) is 12.3. The molecule has 0 bridgehead atoms. The van der Waals surface area contributed by atoms with Crippen molar-refractivity contribution in [2.75, 3.05) is 19.1 Å². The van der Waals surface area contributed by atoms with Gasteiger partial charge in [-0.25, -0.2) is 0 Å². The van der Waals surface area contributed by atoms with Crippen LogP contribution in [-0.2, 0) is 4.79 Å². The molecule has 2 heterocycles.